The topological polar surface area (TPSA) is 71.0 Å². The van der Waals surface area contributed by atoms with Crippen molar-refractivity contribution in [3.63, 3.8) is 0 Å². The molecular formula is C41H41F3N2O5. The number of ether oxygens (including phenoxy) is 4. The van der Waals surface area contributed by atoms with E-state index in [0.717, 1.165) is 22.2 Å². The molecule has 1 N–H and O–H groups in total. The van der Waals surface area contributed by atoms with Crippen LogP contribution in [0, 0.1) is 11.7 Å². The van der Waals surface area contributed by atoms with E-state index in [1.165, 1.54) is 18.2 Å². The molecule has 1 aliphatic carbocycles. The predicted octanol–water partition coefficient (Wildman–Crippen LogP) is 9.12. The Morgan fingerprint density at radius 3 is 2.20 bits per heavy atom. The second-order valence-electron chi connectivity index (χ2n) is 14.4. The fourth-order valence-corrected chi connectivity index (χ4v) is 6.79. The number of anilines is 1. The number of carbonyl (C=O) groups is 1. The summed E-state index contributed by atoms with van der Waals surface area (Å²) in [5, 5.41) is 3.57. The van der Waals surface area contributed by atoms with E-state index in [4.69, 9.17) is 9.47 Å². The fraction of sp³-hybridized carbons (Fsp3) is 0.341. The molecule has 2 aliphatic rings. The Kier molecular flexibility index (Phi) is 9.32. The van der Waals surface area contributed by atoms with Crippen LogP contribution in [0.5, 0.6) is 11.5 Å². The number of alkyl halides is 2. The van der Waals surface area contributed by atoms with Crippen LogP contribution in [0.3, 0.4) is 0 Å². The number of aromatic nitrogens is 1. The summed E-state index contributed by atoms with van der Waals surface area (Å²) in [6.45, 7) is 8.80. The Balaban J connectivity index is 1.13. The van der Waals surface area contributed by atoms with Gasteiger partial charge in [0.1, 0.15) is 5.82 Å². The van der Waals surface area contributed by atoms with Crippen molar-refractivity contribution in [2.24, 2.45) is 5.92 Å². The number of fused-ring (bicyclic) bond motifs is 2. The lowest BCUT2D eigenvalue weighted by atomic mass is 9.90. The molecule has 1 aliphatic heterocycles. The summed E-state index contributed by atoms with van der Waals surface area (Å²) in [6.07, 6.45) is -2.79. The smallest absolute Gasteiger partial charge is 0.395 e. The Labute approximate surface area is 295 Å². The number of halogens is 3. The molecule has 0 bridgehead atoms. The SMILES string of the molecule is CC(COCc1ccccc1)Cn1c(C(C)(C)COCc2ccccc2)cc2cc(NC(=O)C3(c4ccc5c(c4)OC(F)(F)O5)CC3)c(F)cc21. The molecular weight excluding hydrogens is 657 g/mol. The fourth-order valence-electron chi connectivity index (χ4n) is 6.79. The largest absolute Gasteiger partial charge is 0.586 e. The van der Waals surface area contributed by atoms with E-state index in [-0.39, 0.29) is 23.1 Å². The van der Waals surface area contributed by atoms with Gasteiger partial charge >= 0.3 is 6.29 Å². The summed E-state index contributed by atoms with van der Waals surface area (Å²) < 4.78 is 66.8. The average molecular weight is 699 g/mol. The van der Waals surface area contributed by atoms with E-state index in [0.29, 0.717) is 56.9 Å². The van der Waals surface area contributed by atoms with Gasteiger partial charge in [0.2, 0.25) is 5.91 Å². The number of nitrogens with zero attached hydrogens (tertiary/aromatic N) is 1. The van der Waals surface area contributed by atoms with E-state index in [2.05, 4.69) is 40.1 Å². The van der Waals surface area contributed by atoms with Gasteiger partial charge in [0.05, 0.1) is 43.0 Å². The third kappa shape index (κ3) is 7.48. The molecule has 1 amide bonds. The molecule has 10 heteroatoms. The highest BCUT2D eigenvalue weighted by Gasteiger charge is 2.53. The molecule has 7 rings (SSSR count). The Hall–Kier alpha value is -4.80. The van der Waals surface area contributed by atoms with Crippen molar-refractivity contribution in [2.45, 2.75) is 70.5 Å². The Morgan fingerprint density at radius 1 is 0.882 bits per heavy atom. The molecule has 7 nitrogen and oxygen atoms in total. The standard InChI is InChI=1S/C41H41F3N2O5/c1-27(23-48-24-28-10-6-4-7-11-28)22-46-34-21-32(42)33(18-30(34)19-37(46)39(2,3)26-49-25-29-12-8-5-9-13-29)45-38(47)40(16-17-40)31-14-15-35-36(20-31)51-41(43,44)50-35/h4-15,18-21,27H,16-17,22-26H2,1-3H3,(H,45,47). The molecule has 1 fully saturated rings. The quantitative estimate of drug-likeness (QED) is 0.125. The number of benzene rings is 4. The maximum atomic E-state index is 16.0. The molecule has 4 aromatic carbocycles. The summed E-state index contributed by atoms with van der Waals surface area (Å²) in [5.74, 6) is -1.11. The van der Waals surface area contributed by atoms with E-state index >= 15 is 4.39 Å². The molecule has 1 aromatic heterocycles. The van der Waals surface area contributed by atoms with Gasteiger partial charge in [-0.3, -0.25) is 4.79 Å². The first-order valence-electron chi connectivity index (χ1n) is 17.2. The normalized spacial score (nSPS) is 16.3. The summed E-state index contributed by atoms with van der Waals surface area (Å²) >= 11 is 0. The van der Waals surface area contributed by atoms with Crippen LogP contribution in [0.15, 0.2) is 97.1 Å². The van der Waals surface area contributed by atoms with Gasteiger partial charge in [-0.25, -0.2) is 4.39 Å². The molecule has 1 saturated carbocycles. The van der Waals surface area contributed by atoms with E-state index in [1.807, 2.05) is 66.7 Å². The lowest BCUT2D eigenvalue weighted by Gasteiger charge is -2.28. The van der Waals surface area contributed by atoms with Crippen molar-refractivity contribution in [1.29, 1.82) is 0 Å². The van der Waals surface area contributed by atoms with Crippen LogP contribution in [0.2, 0.25) is 0 Å². The van der Waals surface area contributed by atoms with Gasteiger partial charge in [0, 0.05) is 29.1 Å². The molecule has 2 heterocycles. The predicted molar refractivity (Wildman–Crippen MR) is 188 cm³/mol. The van der Waals surface area contributed by atoms with Gasteiger partial charge < -0.3 is 28.8 Å². The Bertz CT molecular complexity index is 2030. The third-order valence-corrected chi connectivity index (χ3v) is 9.65. The lowest BCUT2D eigenvalue weighted by molar-refractivity contribution is -0.286. The van der Waals surface area contributed by atoms with Crippen molar-refractivity contribution in [2.75, 3.05) is 18.5 Å². The van der Waals surface area contributed by atoms with E-state index < -0.39 is 28.8 Å². The zero-order valence-corrected chi connectivity index (χ0v) is 28.9. The maximum absolute atomic E-state index is 16.0. The maximum Gasteiger partial charge on any atom is 0.586 e. The van der Waals surface area contributed by atoms with Crippen molar-refractivity contribution in [3.05, 3.63) is 125 Å². The van der Waals surface area contributed by atoms with Gasteiger partial charge in [-0.1, -0.05) is 87.5 Å². The van der Waals surface area contributed by atoms with Crippen LogP contribution in [0.1, 0.15) is 56.0 Å². The van der Waals surface area contributed by atoms with E-state index in [9.17, 15) is 13.6 Å². The van der Waals surface area contributed by atoms with Crippen molar-refractivity contribution in [3.8, 4) is 11.5 Å². The molecule has 0 saturated heterocycles. The van der Waals surface area contributed by atoms with Crippen LogP contribution >= 0.6 is 0 Å². The first kappa shape index (κ1) is 34.6. The molecule has 5 aromatic rings. The molecule has 1 atom stereocenters. The molecule has 51 heavy (non-hydrogen) atoms. The molecule has 0 radical (unpaired) electrons. The number of hydrogen-bond donors (Lipinski definition) is 1. The minimum Gasteiger partial charge on any atom is -0.395 e. The third-order valence-electron chi connectivity index (χ3n) is 9.65. The number of rotatable bonds is 14. The van der Waals surface area contributed by atoms with Crippen LogP contribution in [0.4, 0.5) is 18.9 Å². The summed E-state index contributed by atoms with van der Waals surface area (Å²) in [6, 6.07) is 29.5. The zero-order valence-electron chi connectivity index (χ0n) is 28.9. The number of amides is 1. The molecule has 266 valence electrons. The van der Waals surface area contributed by atoms with Crippen molar-refractivity contribution in [1.82, 2.24) is 4.57 Å². The summed E-state index contributed by atoms with van der Waals surface area (Å²) in [5.41, 5.74) is 2.96. The van der Waals surface area contributed by atoms with Gasteiger partial charge in [0.15, 0.2) is 11.5 Å². The van der Waals surface area contributed by atoms with Gasteiger partial charge in [-0.05, 0) is 59.7 Å². The first-order chi connectivity index (χ1) is 24.4. The first-order valence-corrected chi connectivity index (χ1v) is 17.2. The lowest BCUT2D eigenvalue weighted by Crippen LogP contribution is -2.29. The van der Waals surface area contributed by atoms with Crippen LogP contribution in [-0.2, 0) is 44.9 Å². The molecule has 1 unspecified atom stereocenters. The van der Waals surface area contributed by atoms with Gasteiger partial charge in [-0.15, -0.1) is 8.78 Å². The van der Waals surface area contributed by atoms with Crippen LogP contribution in [-0.4, -0.2) is 30.0 Å². The van der Waals surface area contributed by atoms with Crippen LogP contribution in [0.25, 0.3) is 10.9 Å². The molecule has 0 spiro atoms. The monoisotopic (exact) mass is 698 g/mol. The van der Waals surface area contributed by atoms with Crippen molar-refractivity contribution >= 4 is 22.5 Å². The average Bonchev–Trinajstić information content (AvgIpc) is 3.75. The summed E-state index contributed by atoms with van der Waals surface area (Å²) in [7, 11) is 0. The Morgan fingerprint density at radius 2 is 1.53 bits per heavy atom. The van der Waals surface area contributed by atoms with Gasteiger partial charge in [0.25, 0.3) is 0 Å². The van der Waals surface area contributed by atoms with Crippen molar-refractivity contribution < 1.29 is 36.9 Å². The minimum absolute atomic E-state index is 0.0483. The highest BCUT2D eigenvalue weighted by molar-refractivity contribution is 6.03. The highest BCUT2D eigenvalue weighted by Crippen LogP contribution is 2.52. The number of hydrogen-bond acceptors (Lipinski definition) is 5. The van der Waals surface area contributed by atoms with Gasteiger partial charge in [-0.2, -0.15) is 0 Å². The van der Waals surface area contributed by atoms with E-state index in [1.54, 1.807) is 12.1 Å². The number of nitrogens with one attached hydrogen (secondary N) is 1. The highest BCUT2D eigenvalue weighted by atomic mass is 19.3. The summed E-state index contributed by atoms with van der Waals surface area (Å²) in [4.78, 5) is 13.7. The number of carbonyl (C=O) groups excluding carboxylic acids is 1. The second-order valence-corrected chi connectivity index (χ2v) is 14.4. The second kappa shape index (κ2) is 13.7. The van der Waals surface area contributed by atoms with Crippen LogP contribution < -0.4 is 14.8 Å². The minimum atomic E-state index is -3.76. The zero-order chi connectivity index (χ0) is 35.8.